The Hall–Kier alpha value is -1.57. The number of ketones is 1. The van der Waals surface area contributed by atoms with Gasteiger partial charge in [0.15, 0.2) is 5.78 Å². The minimum absolute atomic E-state index is 0.213. The highest BCUT2D eigenvalue weighted by atomic mass is 16.3. The van der Waals surface area contributed by atoms with E-state index in [0.717, 1.165) is 29.4 Å². The fourth-order valence-electron chi connectivity index (χ4n) is 2.75. The first-order valence-corrected chi connectivity index (χ1v) is 6.37. The van der Waals surface area contributed by atoms with Crippen LogP contribution in [0, 0.1) is 5.92 Å². The van der Waals surface area contributed by atoms with Gasteiger partial charge in [-0.25, -0.2) is 0 Å². The van der Waals surface area contributed by atoms with E-state index in [-0.39, 0.29) is 11.7 Å². The Labute approximate surface area is 101 Å². The van der Waals surface area contributed by atoms with Crippen LogP contribution in [-0.2, 0) is 0 Å². The van der Waals surface area contributed by atoms with E-state index in [9.17, 15) is 4.79 Å². The Morgan fingerprint density at radius 3 is 2.71 bits per heavy atom. The Kier molecular flexibility index (Phi) is 2.71. The number of benzene rings is 1. The lowest BCUT2D eigenvalue weighted by molar-refractivity contribution is 0.0890. The van der Waals surface area contributed by atoms with Crippen LogP contribution in [0.4, 0.5) is 0 Å². The lowest BCUT2D eigenvalue weighted by Crippen LogP contribution is -2.17. The van der Waals surface area contributed by atoms with Gasteiger partial charge in [0, 0.05) is 11.3 Å². The van der Waals surface area contributed by atoms with Crippen molar-refractivity contribution in [2.24, 2.45) is 5.92 Å². The summed E-state index contributed by atoms with van der Waals surface area (Å²) in [5.41, 5.74) is 1.58. The van der Waals surface area contributed by atoms with E-state index in [1.807, 2.05) is 24.3 Å². The number of furan rings is 1. The molecule has 0 radical (unpaired) electrons. The van der Waals surface area contributed by atoms with E-state index in [1.54, 1.807) is 6.26 Å². The quantitative estimate of drug-likeness (QED) is 0.721. The number of hydrogen-bond donors (Lipinski definition) is 0. The minimum Gasteiger partial charge on any atom is -0.464 e. The molecule has 17 heavy (non-hydrogen) atoms. The smallest absolute Gasteiger partial charge is 0.169 e. The largest absolute Gasteiger partial charge is 0.464 e. The number of fused-ring (bicyclic) bond motifs is 1. The number of hydrogen-bond acceptors (Lipinski definition) is 2. The highest BCUT2D eigenvalue weighted by molar-refractivity contribution is 6.08. The molecular formula is C15H16O2. The molecule has 2 heteroatoms. The van der Waals surface area contributed by atoms with E-state index in [4.69, 9.17) is 4.42 Å². The molecule has 0 saturated heterocycles. The van der Waals surface area contributed by atoms with E-state index >= 15 is 0 Å². The Morgan fingerprint density at radius 2 is 1.88 bits per heavy atom. The van der Waals surface area contributed by atoms with Crippen LogP contribution < -0.4 is 0 Å². The SMILES string of the molecule is O=C(c1coc2ccccc12)C1CCCCC1. The second kappa shape index (κ2) is 4.36. The van der Waals surface area contributed by atoms with Crippen LogP contribution in [0.2, 0.25) is 0 Å². The number of Topliss-reactive ketones (excluding diaryl/α,β-unsaturated/α-hetero) is 1. The highest BCUT2D eigenvalue weighted by Crippen LogP contribution is 2.30. The topological polar surface area (TPSA) is 30.2 Å². The third-order valence-electron chi connectivity index (χ3n) is 3.72. The third-order valence-corrected chi connectivity index (χ3v) is 3.72. The van der Waals surface area contributed by atoms with Gasteiger partial charge in [0.05, 0.1) is 5.56 Å². The van der Waals surface area contributed by atoms with Crippen molar-refractivity contribution in [3.05, 3.63) is 36.1 Å². The molecule has 1 aliphatic rings. The summed E-state index contributed by atoms with van der Waals surface area (Å²) >= 11 is 0. The minimum atomic E-state index is 0.213. The van der Waals surface area contributed by atoms with Crippen molar-refractivity contribution in [3.63, 3.8) is 0 Å². The molecule has 0 atom stereocenters. The molecular weight excluding hydrogens is 212 g/mol. The average molecular weight is 228 g/mol. The fraction of sp³-hybridized carbons (Fsp3) is 0.400. The summed E-state index contributed by atoms with van der Waals surface area (Å²) in [6.45, 7) is 0. The maximum absolute atomic E-state index is 12.4. The van der Waals surface area contributed by atoms with Crippen molar-refractivity contribution >= 4 is 16.8 Å². The van der Waals surface area contributed by atoms with Crippen molar-refractivity contribution < 1.29 is 9.21 Å². The van der Waals surface area contributed by atoms with Gasteiger partial charge in [0.2, 0.25) is 0 Å². The van der Waals surface area contributed by atoms with Crippen molar-refractivity contribution in [3.8, 4) is 0 Å². The van der Waals surface area contributed by atoms with Gasteiger partial charge >= 0.3 is 0 Å². The van der Waals surface area contributed by atoms with E-state index < -0.39 is 0 Å². The molecule has 0 spiro atoms. The molecule has 2 nitrogen and oxygen atoms in total. The summed E-state index contributed by atoms with van der Waals surface area (Å²) in [7, 11) is 0. The van der Waals surface area contributed by atoms with Crippen LogP contribution in [0.15, 0.2) is 34.9 Å². The lowest BCUT2D eigenvalue weighted by atomic mass is 9.84. The zero-order valence-electron chi connectivity index (χ0n) is 9.82. The fourth-order valence-corrected chi connectivity index (χ4v) is 2.75. The molecule has 0 bridgehead atoms. The van der Waals surface area contributed by atoms with Crippen LogP contribution in [0.5, 0.6) is 0 Å². The summed E-state index contributed by atoms with van der Waals surface area (Å²) in [5, 5.41) is 0.961. The van der Waals surface area contributed by atoms with E-state index in [0.29, 0.717) is 0 Å². The molecule has 0 N–H and O–H groups in total. The number of para-hydroxylation sites is 1. The maximum Gasteiger partial charge on any atom is 0.169 e. The van der Waals surface area contributed by atoms with Gasteiger partial charge in [0.1, 0.15) is 11.8 Å². The average Bonchev–Trinajstić information content (AvgIpc) is 2.83. The summed E-state index contributed by atoms with van der Waals surface area (Å²) in [5.74, 6) is 0.486. The van der Waals surface area contributed by atoms with Crippen LogP contribution in [0.25, 0.3) is 11.0 Å². The highest BCUT2D eigenvalue weighted by Gasteiger charge is 2.24. The van der Waals surface area contributed by atoms with Gasteiger partial charge in [-0.2, -0.15) is 0 Å². The van der Waals surface area contributed by atoms with Crippen LogP contribution in [0.3, 0.4) is 0 Å². The van der Waals surface area contributed by atoms with Gasteiger partial charge in [-0.05, 0) is 18.9 Å². The maximum atomic E-state index is 12.4. The second-order valence-corrected chi connectivity index (χ2v) is 4.84. The molecule has 1 aromatic heterocycles. The van der Waals surface area contributed by atoms with E-state index in [2.05, 4.69) is 0 Å². The molecule has 2 aromatic rings. The van der Waals surface area contributed by atoms with Crippen LogP contribution in [-0.4, -0.2) is 5.78 Å². The van der Waals surface area contributed by atoms with Crippen LogP contribution >= 0.6 is 0 Å². The third kappa shape index (κ3) is 1.88. The molecule has 1 saturated carbocycles. The van der Waals surface area contributed by atoms with Crippen LogP contribution in [0.1, 0.15) is 42.5 Å². The Bertz CT molecular complexity index is 533. The van der Waals surface area contributed by atoms with Gasteiger partial charge in [0.25, 0.3) is 0 Å². The van der Waals surface area contributed by atoms with Gasteiger partial charge < -0.3 is 4.42 Å². The summed E-state index contributed by atoms with van der Waals surface area (Å²) < 4.78 is 5.44. The number of rotatable bonds is 2. The number of carbonyl (C=O) groups excluding carboxylic acids is 1. The zero-order valence-corrected chi connectivity index (χ0v) is 9.82. The van der Waals surface area contributed by atoms with Crippen molar-refractivity contribution in [2.45, 2.75) is 32.1 Å². The Balaban J connectivity index is 1.95. The van der Waals surface area contributed by atoms with E-state index in [1.165, 1.54) is 19.3 Å². The first kappa shape index (κ1) is 10.6. The van der Waals surface area contributed by atoms with Gasteiger partial charge in [-0.15, -0.1) is 0 Å². The molecule has 1 aromatic carbocycles. The predicted molar refractivity (Wildman–Crippen MR) is 67.1 cm³/mol. The van der Waals surface area contributed by atoms with Gasteiger partial charge in [-0.3, -0.25) is 4.79 Å². The molecule has 0 aliphatic heterocycles. The molecule has 1 aliphatic carbocycles. The summed E-state index contributed by atoms with van der Waals surface area (Å²) in [6, 6.07) is 7.76. The Morgan fingerprint density at radius 1 is 1.12 bits per heavy atom. The van der Waals surface area contributed by atoms with Crippen molar-refractivity contribution in [1.29, 1.82) is 0 Å². The first-order valence-electron chi connectivity index (χ1n) is 6.37. The monoisotopic (exact) mass is 228 g/mol. The van der Waals surface area contributed by atoms with Crippen molar-refractivity contribution in [2.75, 3.05) is 0 Å². The first-order chi connectivity index (χ1) is 8.36. The second-order valence-electron chi connectivity index (χ2n) is 4.84. The molecule has 88 valence electrons. The molecule has 0 amide bonds. The standard InChI is InChI=1S/C15H16O2/c16-15(11-6-2-1-3-7-11)13-10-17-14-9-5-4-8-12(13)14/h4-5,8-11H,1-3,6-7H2. The lowest BCUT2D eigenvalue weighted by Gasteiger charge is -2.19. The molecule has 1 heterocycles. The normalized spacial score (nSPS) is 17.4. The zero-order chi connectivity index (χ0) is 11.7. The molecule has 3 rings (SSSR count). The molecule has 1 fully saturated rings. The number of carbonyl (C=O) groups is 1. The van der Waals surface area contributed by atoms with Crippen molar-refractivity contribution in [1.82, 2.24) is 0 Å². The van der Waals surface area contributed by atoms with Gasteiger partial charge in [-0.1, -0.05) is 37.5 Å². The predicted octanol–water partition coefficient (Wildman–Crippen LogP) is 4.20. The molecule has 0 unspecified atom stereocenters. The summed E-state index contributed by atoms with van der Waals surface area (Å²) in [4.78, 5) is 12.4. The summed E-state index contributed by atoms with van der Waals surface area (Å²) in [6.07, 6.45) is 7.35.